The number of nitrogens with zero attached hydrogens (tertiary/aromatic N) is 3. The van der Waals surface area contributed by atoms with Crippen molar-refractivity contribution in [1.82, 2.24) is 15.2 Å². The van der Waals surface area contributed by atoms with Gasteiger partial charge < -0.3 is 10.2 Å². The lowest BCUT2D eigenvalue weighted by Gasteiger charge is -2.32. The van der Waals surface area contributed by atoms with Crippen LogP contribution in [-0.2, 0) is 24.3 Å². The van der Waals surface area contributed by atoms with Crippen LogP contribution >= 0.6 is 0 Å². The molecular weight excluding hydrogens is 336 g/mol. The Bertz CT molecular complexity index is 806. The van der Waals surface area contributed by atoms with Crippen molar-refractivity contribution in [3.63, 3.8) is 0 Å². The Kier molecular flexibility index (Phi) is 5.39. The number of nitrogens with one attached hydrogen (secondary N) is 1. The summed E-state index contributed by atoms with van der Waals surface area (Å²) < 4.78 is 0. The average molecular weight is 364 g/mol. The smallest absolute Gasteiger partial charge is 0.237 e. The minimum Gasteiger partial charge on any atom is -0.352 e. The predicted molar refractivity (Wildman–Crippen MR) is 108 cm³/mol. The first-order chi connectivity index (χ1) is 13.2. The number of anilines is 1. The van der Waals surface area contributed by atoms with E-state index in [1.807, 2.05) is 19.3 Å². The van der Waals surface area contributed by atoms with Crippen LogP contribution < -0.4 is 10.2 Å². The van der Waals surface area contributed by atoms with E-state index in [1.165, 1.54) is 17.5 Å². The van der Waals surface area contributed by atoms with Crippen molar-refractivity contribution in [2.45, 2.75) is 44.8 Å². The molecule has 1 unspecified atom stereocenters. The van der Waals surface area contributed by atoms with Crippen LogP contribution in [0.3, 0.4) is 0 Å². The van der Waals surface area contributed by atoms with E-state index in [1.54, 1.807) is 0 Å². The maximum Gasteiger partial charge on any atom is 0.237 e. The average Bonchev–Trinajstić information content (AvgIpc) is 2.72. The lowest BCUT2D eigenvalue weighted by Crippen LogP contribution is -2.47. The minimum atomic E-state index is 0.000681. The monoisotopic (exact) mass is 364 g/mol. The van der Waals surface area contributed by atoms with Crippen LogP contribution in [0, 0.1) is 0 Å². The number of pyridine rings is 1. The number of likely N-dealkylation sites (tertiary alicyclic amines) is 1. The summed E-state index contributed by atoms with van der Waals surface area (Å²) in [5.74, 6) is 1.13. The first-order valence-electron chi connectivity index (χ1n) is 9.96. The largest absolute Gasteiger partial charge is 0.352 e. The summed E-state index contributed by atoms with van der Waals surface area (Å²) in [5, 5.41) is 3.15. The number of rotatable bonds is 4. The highest BCUT2D eigenvalue weighted by atomic mass is 16.2. The third-order valence-electron chi connectivity index (χ3n) is 5.82. The zero-order chi connectivity index (χ0) is 18.6. The Morgan fingerprint density at radius 3 is 2.85 bits per heavy atom. The molecule has 2 aliphatic rings. The fourth-order valence-electron chi connectivity index (χ4n) is 4.24. The summed E-state index contributed by atoms with van der Waals surface area (Å²) in [6.45, 7) is 3.37. The van der Waals surface area contributed by atoms with Gasteiger partial charge >= 0.3 is 0 Å². The fourth-order valence-corrected chi connectivity index (χ4v) is 4.24. The number of piperidine rings is 1. The highest BCUT2D eigenvalue weighted by Crippen LogP contribution is 2.25. The maximum absolute atomic E-state index is 12.6. The van der Waals surface area contributed by atoms with Gasteiger partial charge in [0.05, 0.1) is 6.04 Å². The third kappa shape index (κ3) is 3.98. The lowest BCUT2D eigenvalue weighted by molar-refractivity contribution is -0.127. The number of likely N-dealkylation sites (N-methyl/N-ethyl adjacent to an activating group) is 1. The molecule has 0 saturated carbocycles. The van der Waals surface area contributed by atoms with Crippen molar-refractivity contribution < 1.29 is 4.79 Å². The molecule has 1 saturated heterocycles. The van der Waals surface area contributed by atoms with Gasteiger partial charge in [-0.1, -0.05) is 36.8 Å². The van der Waals surface area contributed by atoms with Crippen molar-refractivity contribution in [1.29, 1.82) is 0 Å². The number of fused-ring (bicyclic) bond motifs is 1. The van der Waals surface area contributed by atoms with E-state index in [9.17, 15) is 4.79 Å². The Morgan fingerprint density at radius 2 is 2.00 bits per heavy atom. The third-order valence-corrected chi connectivity index (χ3v) is 5.82. The molecule has 5 heteroatoms. The maximum atomic E-state index is 12.6. The molecule has 1 atom stereocenters. The van der Waals surface area contributed by atoms with Gasteiger partial charge in [0.1, 0.15) is 5.82 Å². The first kappa shape index (κ1) is 18.0. The topological polar surface area (TPSA) is 48.5 Å². The van der Waals surface area contributed by atoms with Gasteiger partial charge in [0, 0.05) is 31.4 Å². The van der Waals surface area contributed by atoms with Crippen LogP contribution in [0.15, 0.2) is 42.6 Å². The van der Waals surface area contributed by atoms with E-state index in [-0.39, 0.29) is 11.9 Å². The van der Waals surface area contributed by atoms with Crippen molar-refractivity contribution in [2.75, 3.05) is 25.0 Å². The number of carbonyl (C=O) groups excluding carboxylic acids is 1. The molecule has 0 spiro atoms. The van der Waals surface area contributed by atoms with E-state index in [0.717, 1.165) is 50.3 Å². The summed E-state index contributed by atoms with van der Waals surface area (Å²) in [7, 11) is 2.05. The van der Waals surface area contributed by atoms with Crippen LogP contribution in [0.5, 0.6) is 0 Å². The van der Waals surface area contributed by atoms with Crippen LogP contribution in [-0.4, -0.2) is 42.0 Å². The molecule has 2 aromatic rings. The molecule has 1 fully saturated rings. The summed E-state index contributed by atoms with van der Waals surface area (Å²) in [6.07, 6.45) is 6.14. The number of hydrogen-bond acceptors (Lipinski definition) is 4. The molecule has 142 valence electrons. The number of carbonyl (C=O) groups is 1. The number of aromatic nitrogens is 1. The van der Waals surface area contributed by atoms with Gasteiger partial charge in [0.15, 0.2) is 0 Å². The Balaban J connectivity index is 1.45. The lowest BCUT2D eigenvalue weighted by atomic mass is 9.99. The molecule has 2 aliphatic heterocycles. The quantitative estimate of drug-likeness (QED) is 0.906. The number of hydrogen-bond donors (Lipinski definition) is 1. The highest BCUT2D eigenvalue weighted by molar-refractivity contribution is 5.81. The van der Waals surface area contributed by atoms with Gasteiger partial charge in [0.25, 0.3) is 0 Å². The van der Waals surface area contributed by atoms with Crippen molar-refractivity contribution in [3.8, 4) is 0 Å². The highest BCUT2D eigenvalue weighted by Gasteiger charge is 2.26. The summed E-state index contributed by atoms with van der Waals surface area (Å²) >= 11 is 0. The van der Waals surface area contributed by atoms with Crippen LogP contribution in [0.25, 0.3) is 0 Å². The molecule has 0 aliphatic carbocycles. The Labute approximate surface area is 161 Å². The second kappa shape index (κ2) is 8.09. The number of amides is 1. The van der Waals surface area contributed by atoms with E-state index in [0.29, 0.717) is 6.54 Å². The zero-order valence-electron chi connectivity index (χ0n) is 16.0. The summed E-state index contributed by atoms with van der Waals surface area (Å²) in [6, 6.07) is 12.7. The summed E-state index contributed by atoms with van der Waals surface area (Å²) in [5.41, 5.74) is 3.89. The zero-order valence-corrected chi connectivity index (χ0v) is 16.0. The standard InChI is InChI=1S/C22H28N4O/c1-25-13-5-4-10-20(25)22(27)24-15-18-9-6-12-23-21(18)26-14-11-17-7-2-3-8-19(17)16-26/h2-3,6-9,12,20H,4-5,10-11,13-16H2,1H3,(H,24,27). The SMILES string of the molecule is CN1CCCCC1C(=O)NCc1cccnc1N1CCc2ccccc2C1. The van der Waals surface area contributed by atoms with Gasteiger partial charge in [-0.05, 0) is 50.0 Å². The van der Waals surface area contributed by atoms with Gasteiger partial charge in [-0.15, -0.1) is 0 Å². The Morgan fingerprint density at radius 1 is 1.15 bits per heavy atom. The van der Waals surface area contributed by atoms with Gasteiger partial charge in [-0.3, -0.25) is 9.69 Å². The van der Waals surface area contributed by atoms with Crippen LogP contribution in [0.4, 0.5) is 5.82 Å². The molecule has 1 aromatic carbocycles. The molecule has 4 rings (SSSR count). The van der Waals surface area contributed by atoms with E-state index >= 15 is 0 Å². The normalized spacial score (nSPS) is 20.2. The fraction of sp³-hybridized carbons (Fsp3) is 0.455. The molecular formula is C22H28N4O. The molecule has 0 bridgehead atoms. The van der Waals surface area contributed by atoms with E-state index in [2.05, 4.69) is 50.4 Å². The molecule has 1 N–H and O–H groups in total. The Hall–Kier alpha value is -2.40. The molecule has 0 radical (unpaired) electrons. The summed E-state index contributed by atoms with van der Waals surface area (Å²) in [4.78, 5) is 21.8. The van der Waals surface area contributed by atoms with E-state index < -0.39 is 0 Å². The van der Waals surface area contributed by atoms with Gasteiger partial charge in [0.2, 0.25) is 5.91 Å². The first-order valence-corrected chi connectivity index (χ1v) is 9.96. The molecule has 1 amide bonds. The van der Waals surface area contributed by atoms with Crippen molar-refractivity contribution in [2.24, 2.45) is 0 Å². The molecule has 1 aromatic heterocycles. The van der Waals surface area contributed by atoms with Crippen molar-refractivity contribution in [3.05, 3.63) is 59.3 Å². The van der Waals surface area contributed by atoms with Gasteiger partial charge in [-0.2, -0.15) is 0 Å². The van der Waals surface area contributed by atoms with Crippen LogP contribution in [0.2, 0.25) is 0 Å². The van der Waals surface area contributed by atoms with Crippen molar-refractivity contribution >= 4 is 11.7 Å². The van der Waals surface area contributed by atoms with Crippen LogP contribution in [0.1, 0.15) is 36.0 Å². The second-order valence-electron chi connectivity index (χ2n) is 7.64. The van der Waals surface area contributed by atoms with Gasteiger partial charge in [-0.25, -0.2) is 4.98 Å². The molecule has 27 heavy (non-hydrogen) atoms. The second-order valence-corrected chi connectivity index (χ2v) is 7.64. The minimum absolute atomic E-state index is 0.000681. The molecule has 5 nitrogen and oxygen atoms in total. The molecule has 3 heterocycles. The number of benzene rings is 1. The predicted octanol–water partition coefficient (Wildman–Crippen LogP) is 2.74. The van der Waals surface area contributed by atoms with E-state index in [4.69, 9.17) is 0 Å².